The summed E-state index contributed by atoms with van der Waals surface area (Å²) in [6, 6.07) is 6.83. The third-order valence-electron chi connectivity index (χ3n) is 8.81. The van der Waals surface area contributed by atoms with Crippen LogP contribution in [-0.4, -0.2) is 102 Å². The maximum Gasteiger partial charge on any atom is 0.319 e. The van der Waals surface area contributed by atoms with Crippen molar-refractivity contribution in [1.82, 2.24) is 14.7 Å². The van der Waals surface area contributed by atoms with Crippen LogP contribution in [0.2, 0.25) is 0 Å². The summed E-state index contributed by atoms with van der Waals surface area (Å²) in [6.45, 7) is 4.36. The number of nitrogens with zero attached hydrogens (tertiary/aromatic N) is 5. The summed E-state index contributed by atoms with van der Waals surface area (Å²) in [7, 11) is 3.67. The molecule has 3 amide bonds. The highest BCUT2D eigenvalue weighted by molar-refractivity contribution is 5.94. The number of unbranched alkanes of at least 4 members (excludes halogenated alkanes) is 1. The van der Waals surface area contributed by atoms with Crippen molar-refractivity contribution in [2.24, 2.45) is 13.0 Å². The Hall–Kier alpha value is -3.90. The molecule has 0 aliphatic carbocycles. The van der Waals surface area contributed by atoms with E-state index in [1.807, 2.05) is 41.0 Å². The summed E-state index contributed by atoms with van der Waals surface area (Å²) in [5.41, 5.74) is 2.05. The van der Waals surface area contributed by atoms with E-state index >= 15 is 0 Å². The average Bonchev–Trinajstić information content (AvgIpc) is 3.69. The summed E-state index contributed by atoms with van der Waals surface area (Å²) < 4.78 is 13.0. The van der Waals surface area contributed by atoms with Gasteiger partial charge in [-0.2, -0.15) is 0 Å². The van der Waals surface area contributed by atoms with Crippen LogP contribution in [0.4, 0.5) is 10.5 Å². The van der Waals surface area contributed by atoms with E-state index in [1.54, 1.807) is 33.9 Å². The largest absolute Gasteiger partial charge is 0.481 e. The first kappa shape index (κ1) is 30.6. The Bertz CT molecular complexity index is 1350. The van der Waals surface area contributed by atoms with Gasteiger partial charge in [-0.3, -0.25) is 14.5 Å². The molecule has 1 aromatic carbocycles. The van der Waals surface area contributed by atoms with E-state index < -0.39 is 23.8 Å². The molecule has 12 heteroatoms. The smallest absolute Gasteiger partial charge is 0.319 e. The number of anilines is 1. The molecule has 43 heavy (non-hydrogen) atoms. The highest BCUT2D eigenvalue weighted by atomic mass is 16.7. The highest BCUT2D eigenvalue weighted by Gasteiger charge is 2.48. The van der Waals surface area contributed by atoms with Crippen LogP contribution in [0.5, 0.6) is 11.5 Å². The van der Waals surface area contributed by atoms with Gasteiger partial charge in [0, 0.05) is 63.4 Å². The number of fused-ring (bicyclic) bond motifs is 1. The molecule has 12 nitrogen and oxygen atoms in total. The number of aromatic nitrogens is 1. The van der Waals surface area contributed by atoms with Crippen LogP contribution in [0.25, 0.3) is 0 Å². The maximum absolute atomic E-state index is 14.0. The number of pyridine rings is 1. The minimum Gasteiger partial charge on any atom is -0.481 e. The first-order valence-electron chi connectivity index (χ1n) is 15.0. The second kappa shape index (κ2) is 13.2. The van der Waals surface area contributed by atoms with E-state index in [0.29, 0.717) is 56.2 Å². The zero-order valence-corrected chi connectivity index (χ0v) is 25.1. The predicted octanol–water partition coefficient (Wildman–Crippen LogP) is 1.79. The number of carbonyl (C=O) groups is 3. The number of carboxylic acid groups (broad SMARTS) is 1. The van der Waals surface area contributed by atoms with Crippen molar-refractivity contribution in [3.8, 4) is 11.5 Å². The predicted molar refractivity (Wildman–Crippen MR) is 157 cm³/mol. The van der Waals surface area contributed by atoms with Crippen LogP contribution in [-0.2, 0) is 23.2 Å². The van der Waals surface area contributed by atoms with Gasteiger partial charge < -0.3 is 34.4 Å². The topological polar surface area (TPSA) is 127 Å². The number of benzene rings is 1. The van der Waals surface area contributed by atoms with E-state index in [0.717, 1.165) is 24.1 Å². The first-order valence-corrected chi connectivity index (χ1v) is 15.0. The van der Waals surface area contributed by atoms with Gasteiger partial charge in [-0.15, -0.1) is 0 Å². The van der Waals surface area contributed by atoms with Crippen molar-refractivity contribution in [2.45, 2.75) is 44.8 Å². The van der Waals surface area contributed by atoms with E-state index in [1.165, 1.54) is 0 Å². The van der Waals surface area contributed by atoms with Crippen LogP contribution in [0, 0.1) is 5.92 Å². The van der Waals surface area contributed by atoms with Crippen LogP contribution >= 0.6 is 0 Å². The van der Waals surface area contributed by atoms with Crippen LogP contribution < -0.4 is 18.9 Å². The van der Waals surface area contributed by atoms with Gasteiger partial charge in [-0.05, 0) is 36.6 Å². The van der Waals surface area contributed by atoms with Crippen molar-refractivity contribution >= 4 is 23.6 Å². The fourth-order valence-corrected chi connectivity index (χ4v) is 6.53. The van der Waals surface area contributed by atoms with Gasteiger partial charge >= 0.3 is 12.0 Å². The monoisotopic (exact) mass is 596 g/mol. The Balaban J connectivity index is 1.46. The number of hydrogen-bond acceptors (Lipinski definition) is 7. The second-order valence-electron chi connectivity index (χ2n) is 11.6. The number of likely N-dealkylation sites (N-methyl/N-ethyl adjacent to an activating group) is 1. The Kier molecular flexibility index (Phi) is 9.36. The molecule has 2 saturated heterocycles. The first-order chi connectivity index (χ1) is 20.7. The molecule has 5 rings (SSSR count). The molecular weight excluding hydrogens is 554 g/mol. The Morgan fingerprint density at radius 1 is 1.21 bits per heavy atom. The average molecular weight is 597 g/mol. The van der Waals surface area contributed by atoms with Crippen molar-refractivity contribution in [1.29, 1.82) is 0 Å². The number of carbonyl (C=O) groups excluding carboxylic acids is 2. The minimum atomic E-state index is -0.962. The standard InChI is InChI=1S/C31H41N5O7/c1-4-5-10-36(23-7-6-9-32(2)16-23)27(38)18-35-17-24(21-14-22(19-37)29-26(15-21)42-20-43-29)28(30(39)40)25(35)8-11-34-13-12-33(3)31(34)41/h6-7,9,14-16,24-25,28,37H,4-5,8,10-13,17-20H2,1-3H3/p+1/t24-,25+,28-/m1/s1. The SMILES string of the molecule is CCCCN(C(=O)CN1C[C@H](c2cc(CO)c3c(c2)OCO3)[C@@H](C(=O)O)[C@@H]1CCN1CCN(C)C1=O)c1ccc[n+](C)c1. The van der Waals surface area contributed by atoms with Gasteiger partial charge in [0.15, 0.2) is 23.9 Å². The molecule has 3 aliphatic heterocycles. The summed E-state index contributed by atoms with van der Waals surface area (Å²) >= 11 is 0. The number of aliphatic hydroxyl groups excluding tert-OH is 1. The number of amides is 3. The zero-order chi connectivity index (χ0) is 30.7. The number of rotatable bonds is 12. The van der Waals surface area contributed by atoms with E-state index in [2.05, 4.69) is 6.92 Å². The Morgan fingerprint density at radius 2 is 2.02 bits per heavy atom. The van der Waals surface area contributed by atoms with Gasteiger partial charge in [0.2, 0.25) is 12.7 Å². The summed E-state index contributed by atoms with van der Waals surface area (Å²) in [4.78, 5) is 46.7. The lowest BCUT2D eigenvalue weighted by Crippen LogP contribution is -2.46. The minimum absolute atomic E-state index is 0.0330. The molecule has 0 bridgehead atoms. The Morgan fingerprint density at radius 3 is 2.70 bits per heavy atom. The third kappa shape index (κ3) is 6.40. The van der Waals surface area contributed by atoms with E-state index in [9.17, 15) is 24.6 Å². The fourth-order valence-electron chi connectivity index (χ4n) is 6.53. The van der Waals surface area contributed by atoms with Gasteiger partial charge in [0.05, 0.1) is 19.1 Å². The van der Waals surface area contributed by atoms with Gasteiger partial charge in [0.1, 0.15) is 12.7 Å². The van der Waals surface area contributed by atoms with E-state index in [4.69, 9.17) is 9.47 Å². The summed E-state index contributed by atoms with van der Waals surface area (Å²) in [5.74, 6) is -1.42. The molecule has 3 aliphatic rings. The van der Waals surface area contributed by atoms with Crippen LogP contribution in [0.15, 0.2) is 36.7 Å². The van der Waals surface area contributed by atoms with Gasteiger partial charge in [-0.1, -0.05) is 13.3 Å². The molecular formula is C31H42N5O7+. The van der Waals surface area contributed by atoms with E-state index in [-0.39, 0.29) is 31.9 Å². The van der Waals surface area contributed by atoms with Crippen molar-refractivity contribution in [3.05, 3.63) is 47.8 Å². The lowest BCUT2D eigenvalue weighted by molar-refractivity contribution is -0.670. The molecule has 0 unspecified atom stereocenters. The molecule has 2 aromatic rings. The molecule has 2 fully saturated rings. The van der Waals surface area contributed by atoms with Crippen molar-refractivity contribution in [2.75, 3.05) is 58.0 Å². The number of likely N-dealkylation sites (tertiary alicyclic amines) is 1. The lowest BCUT2D eigenvalue weighted by atomic mass is 9.83. The molecule has 0 saturated carbocycles. The molecule has 0 radical (unpaired) electrons. The number of aliphatic hydroxyl groups is 1. The Labute approximate surface area is 252 Å². The van der Waals surface area contributed by atoms with Gasteiger partial charge in [-0.25, -0.2) is 9.36 Å². The molecule has 2 N–H and O–H groups in total. The zero-order valence-electron chi connectivity index (χ0n) is 25.1. The summed E-state index contributed by atoms with van der Waals surface area (Å²) in [5, 5.41) is 20.6. The number of urea groups is 1. The third-order valence-corrected chi connectivity index (χ3v) is 8.81. The number of aliphatic carboxylic acids is 1. The highest BCUT2D eigenvalue weighted by Crippen LogP contribution is 2.44. The number of ether oxygens (including phenoxy) is 2. The van der Waals surface area contributed by atoms with Crippen LogP contribution in [0.1, 0.15) is 43.2 Å². The fraction of sp³-hybridized carbons (Fsp3) is 0.548. The summed E-state index contributed by atoms with van der Waals surface area (Å²) in [6.07, 6.45) is 5.99. The molecule has 4 heterocycles. The number of hydrogen-bond donors (Lipinski definition) is 2. The van der Waals surface area contributed by atoms with Crippen molar-refractivity contribution < 1.29 is 38.6 Å². The van der Waals surface area contributed by atoms with Gasteiger partial charge in [0.25, 0.3) is 0 Å². The quantitative estimate of drug-likeness (QED) is 0.355. The molecule has 3 atom stereocenters. The van der Waals surface area contributed by atoms with Crippen LogP contribution in [0.3, 0.4) is 0 Å². The maximum atomic E-state index is 14.0. The molecule has 1 aromatic heterocycles. The molecule has 232 valence electrons. The second-order valence-corrected chi connectivity index (χ2v) is 11.6. The number of carboxylic acids is 1. The van der Waals surface area contributed by atoms with Crippen molar-refractivity contribution in [3.63, 3.8) is 0 Å². The normalized spacial score (nSPS) is 21.6. The molecule has 0 spiro atoms. The lowest BCUT2D eigenvalue weighted by Gasteiger charge is -2.30. The number of aryl methyl sites for hydroxylation is 1.